The first-order valence-corrected chi connectivity index (χ1v) is 4.52. The second-order valence-electron chi connectivity index (χ2n) is 3.98. The molecular weight excluding hydrogens is 172 g/mol. The second kappa shape index (κ2) is 4.07. The van der Waals surface area contributed by atoms with Gasteiger partial charge in [0.2, 0.25) is 0 Å². The molecule has 0 aliphatic carbocycles. The van der Waals surface area contributed by atoms with E-state index in [1.807, 2.05) is 6.92 Å². The Hall–Kier alpha value is -0.610. The van der Waals surface area contributed by atoms with Gasteiger partial charge in [0, 0.05) is 13.2 Å². The van der Waals surface area contributed by atoms with Gasteiger partial charge < -0.3 is 14.9 Å². The van der Waals surface area contributed by atoms with Crippen LogP contribution in [0.15, 0.2) is 0 Å². The summed E-state index contributed by atoms with van der Waals surface area (Å²) >= 11 is 0. The summed E-state index contributed by atoms with van der Waals surface area (Å²) in [7, 11) is 0. The number of carboxylic acid groups (broad SMARTS) is 1. The summed E-state index contributed by atoms with van der Waals surface area (Å²) in [6, 6.07) is 0. The van der Waals surface area contributed by atoms with Crippen LogP contribution in [0.5, 0.6) is 0 Å². The lowest BCUT2D eigenvalue weighted by Gasteiger charge is -2.34. The molecule has 1 aliphatic rings. The summed E-state index contributed by atoms with van der Waals surface area (Å²) in [6.07, 6.45) is 0.753. The fourth-order valence-electron chi connectivity index (χ4n) is 1.62. The zero-order valence-electron chi connectivity index (χ0n) is 7.82. The highest BCUT2D eigenvalue weighted by Crippen LogP contribution is 2.34. The number of carbonyl (C=O) groups is 1. The molecule has 76 valence electrons. The van der Waals surface area contributed by atoms with E-state index in [2.05, 4.69) is 0 Å². The Balaban J connectivity index is 2.45. The van der Waals surface area contributed by atoms with Gasteiger partial charge in [-0.15, -0.1) is 0 Å². The number of hydrogen-bond donors (Lipinski definition) is 2. The van der Waals surface area contributed by atoms with Crippen LogP contribution in [0.2, 0.25) is 0 Å². The molecule has 0 spiro atoms. The van der Waals surface area contributed by atoms with Crippen LogP contribution in [-0.4, -0.2) is 35.5 Å². The lowest BCUT2D eigenvalue weighted by Crippen LogP contribution is -2.33. The van der Waals surface area contributed by atoms with E-state index in [-0.39, 0.29) is 5.41 Å². The Kier molecular flexibility index (Phi) is 3.27. The molecule has 13 heavy (non-hydrogen) atoms. The number of aliphatic carboxylic acids is 1. The summed E-state index contributed by atoms with van der Waals surface area (Å²) in [5.74, 6) is -1.13. The molecule has 1 rings (SSSR count). The normalized spacial score (nSPS) is 23.8. The first kappa shape index (κ1) is 10.5. The predicted octanol–water partition coefficient (Wildman–Crippen LogP) is 0.639. The number of carboxylic acids is 1. The first-order valence-electron chi connectivity index (χ1n) is 4.52. The van der Waals surface area contributed by atoms with Gasteiger partial charge in [-0.25, -0.2) is 4.79 Å². The molecule has 2 N–H and O–H groups in total. The Morgan fingerprint density at radius 2 is 2.08 bits per heavy atom. The van der Waals surface area contributed by atoms with E-state index < -0.39 is 12.1 Å². The van der Waals surface area contributed by atoms with Crippen molar-refractivity contribution in [3.8, 4) is 0 Å². The van der Waals surface area contributed by atoms with Gasteiger partial charge in [0.25, 0.3) is 0 Å². The van der Waals surface area contributed by atoms with E-state index in [4.69, 9.17) is 9.84 Å². The molecular formula is C9H16O4. The van der Waals surface area contributed by atoms with Crippen LogP contribution in [0.25, 0.3) is 0 Å². The van der Waals surface area contributed by atoms with E-state index >= 15 is 0 Å². The quantitative estimate of drug-likeness (QED) is 0.682. The zero-order valence-corrected chi connectivity index (χ0v) is 7.82. The monoisotopic (exact) mass is 188 g/mol. The van der Waals surface area contributed by atoms with Crippen LogP contribution in [0.1, 0.15) is 26.2 Å². The lowest BCUT2D eigenvalue weighted by molar-refractivity contribution is -0.149. The summed E-state index contributed by atoms with van der Waals surface area (Å²) < 4.78 is 5.18. The van der Waals surface area contributed by atoms with Crippen molar-refractivity contribution >= 4 is 5.97 Å². The highest BCUT2D eigenvalue weighted by molar-refractivity contribution is 5.71. The predicted molar refractivity (Wildman–Crippen MR) is 46.4 cm³/mol. The van der Waals surface area contributed by atoms with E-state index in [1.165, 1.54) is 0 Å². The van der Waals surface area contributed by atoms with Crippen LogP contribution in [0, 0.1) is 5.41 Å². The largest absolute Gasteiger partial charge is 0.479 e. The third-order valence-electron chi connectivity index (χ3n) is 2.67. The third kappa shape index (κ3) is 2.97. The molecule has 0 aromatic rings. The average Bonchev–Trinajstić information content (AvgIpc) is 2.04. The SMILES string of the molecule is CC1(CC(O)C(=O)O)CCOCC1. The maximum Gasteiger partial charge on any atom is 0.332 e. The summed E-state index contributed by atoms with van der Waals surface area (Å²) in [6.45, 7) is 3.34. The van der Waals surface area contributed by atoms with Crippen LogP contribution in [-0.2, 0) is 9.53 Å². The molecule has 0 saturated carbocycles. The highest BCUT2D eigenvalue weighted by Gasteiger charge is 2.32. The number of aliphatic hydroxyl groups is 1. The molecule has 1 fully saturated rings. The molecule has 0 bridgehead atoms. The summed E-state index contributed by atoms with van der Waals surface area (Å²) in [5, 5.41) is 17.7. The molecule has 1 heterocycles. The van der Waals surface area contributed by atoms with Crippen molar-refractivity contribution in [2.24, 2.45) is 5.41 Å². The molecule has 1 atom stereocenters. The molecule has 0 aromatic carbocycles. The molecule has 1 unspecified atom stereocenters. The molecule has 0 amide bonds. The maximum absolute atomic E-state index is 10.4. The fraction of sp³-hybridized carbons (Fsp3) is 0.889. The Labute approximate surface area is 77.5 Å². The van der Waals surface area contributed by atoms with Gasteiger partial charge in [0.15, 0.2) is 6.10 Å². The minimum Gasteiger partial charge on any atom is -0.479 e. The molecule has 4 nitrogen and oxygen atoms in total. The highest BCUT2D eigenvalue weighted by atomic mass is 16.5. The Bertz CT molecular complexity index is 184. The van der Waals surface area contributed by atoms with Crippen molar-refractivity contribution < 1.29 is 19.7 Å². The lowest BCUT2D eigenvalue weighted by atomic mass is 9.78. The van der Waals surface area contributed by atoms with Gasteiger partial charge in [0.1, 0.15) is 0 Å². The minimum atomic E-state index is -1.23. The second-order valence-corrected chi connectivity index (χ2v) is 3.98. The van der Waals surface area contributed by atoms with Crippen molar-refractivity contribution in [3.63, 3.8) is 0 Å². The number of ether oxygens (including phenoxy) is 1. The van der Waals surface area contributed by atoms with Gasteiger partial charge in [-0.05, 0) is 24.7 Å². The topological polar surface area (TPSA) is 66.8 Å². The number of rotatable bonds is 3. The van der Waals surface area contributed by atoms with Gasteiger partial charge in [-0.2, -0.15) is 0 Å². The van der Waals surface area contributed by atoms with Crippen LogP contribution in [0.3, 0.4) is 0 Å². The average molecular weight is 188 g/mol. The van der Waals surface area contributed by atoms with Gasteiger partial charge in [0.05, 0.1) is 0 Å². The molecule has 1 saturated heterocycles. The minimum absolute atomic E-state index is 0.0734. The number of aliphatic hydroxyl groups excluding tert-OH is 1. The van der Waals surface area contributed by atoms with Gasteiger partial charge in [-0.1, -0.05) is 6.92 Å². The van der Waals surface area contributed by atoms with E-state index in [1.54, 1.807) is 0 Å². The number of hydrogen-bond acceptors (Lipinski definition) is 3. The van der Waals surface area contributed by atoms with Crippen molar-refractivity contribution in [2.45, 2.75) is 32.3 Å². The zero-order chi connectivity index (χ0) is 9.90. The first-order chi connectivity index (χ1) is 6.03. The smallest absolute Gasteiger partial charge is 0.332 e. The van der Waals surface area contributed by atoms with Crippen molar-refractivity contribution in [1.29, 1.82) is 0 Å². The Morgan fingerprint density at radius 1 is 1.54 bits per heavy atom. The third-order valence-corrected chi connectivity index (χ3v) is 2.67. The van der Waals surface area contributed by atoms with E-state index in [0.717, 1.165) is 12.8 Å². The van der Waals surface area contributed by atoms with E-state index in [0.29, 0.717) is 19.6 Å². The maximum atomic E-state index is 10.4. The Morgan fingerprint density at radius 3 is 2.54 bits per heavy atom. The van der Waals surface area contributed by atoms with Crippen LogP contribution < -0.4 is 0 Å². The van der Waals surface area contributed by atoms with Gasteiger partial charge >= 0.3 is 5.97 Å². The standard InChI is InChI=1S/C9H16O4/c1-9(2-4-13-5-3-9)6-7(10)8(11)12/h7,10H,2-6H2,1H3,(H,11,12). The molecule has 0 radical (unpaired) electrons. The summed E-state index contributed by atoms with van der Waals surface area (Å²) in [4.78, 5) is 10.4. The van der Waals surface area contributed by atoms with Crippen LogP contribution >= 0.6 is 0 Å². The van der Waals surface area contributed by atoms with E-state index in [9.17, 15) is 9.90 Å². The van der Waals surface area contributed by atoms with Crippen LogP contribution in [0.4, 0.5) is 0 Å². The van der Waals surface area contributed by atoms with Crippen molar-refractivity contribution in [3.05, 3.63) is 0 Å². The molecule has 1 aliphatic heterocycles. The van der Waals surface area contributed by atoms with Crippen molar-refractivity contribution in [2.75, 3.05) is 13.2 Å². The van der Waals surface area contributed by atoms with Gasteiger partial charge in [-0.3, -0.25) is 0 Å². The van der Waals surface area contributed by atoms with Crippen molar-refractivity contribution in [1.82, 2.24) is 0 Å². The summed E-state index contributed by atoms with van der Waals surface area (Å²) in [5.41, 5.74) is -0.0734. The molecule has 4 heteroatoms. The fourth-order valence-corrected chi connectivity index (χ4v) is 1.62. The molecule has 0 aromatic heterocycles.